The first-order chi connectivity index (χ1) is 10.1. The van der Waals surface area contributed by atoms with Gasteiger partial charge in [0.05, 0.1) is 6.10 Å². The molecule has 2 rings (SSSR count). The maximum Gasteiger partial charge on any atom is 0.249 e. The van der Waals surface area contributed by atoms with Crippen molar-refractivity contribution in [3.05, 3.63) is 0 Å². The van der Waals surface area contributed by atoms with Crippen LogP contribution in [0.3, 0.4) is 0 Å². The van der Waals surface area contributed by atoms with Crippen molar-refractivity contribution in [3.8, 4) is 0 Å². The SMILES string of the molecule is C[C@@H]1CCC[C@@H](O[C@@H](C)C(=O)NC2CCCCCCC2)C1. The predicted molar refractivity (Wildman–Crippen MR) is 86.2 cm³/mol. The zero-order valence-electron chi connectivity index (χ0n) is 13.9. The first-order valence-corrected chi connectivity index (χ1v) is 9.11. The summed E-state index contributed by atoms with van der Waals surface area (Å²) in [5, 5.41) is 3.22. The van der Waals surface area contributed by atoms with Crippen LogP contribution in [0.4, 0.5) is 0 Å². The summed E-state index contributed by atoms with van der Waals surface area (Å²) < 4.78 is 6.01. The average Bonchev–Trinajstić information content (AvgIpc) is 2.41. The summed E-state index contributed by atoms with van der Waals surface area (Å²) in [6.07, 6.45) is 13.5. The molecule has 2 saturated carbocycles. The zero-order valence-corrected chi connectivity index (χ0v) is 13.9. The second kappa shape index (κ2) is 8.77. The molecular formula is C18H33NO2. The summed E-state index contributed by atoms with van der Waals surface area (Å²) >= 11 is 0. The van der Waals surface area contributed by atoms with Gasteiger partial charge in [-0.2, -0.15) is 0 Å². The van der Waals surface area contributed by atoms with E-state index in [2.05, 4.69) is 12.2 Å². The average molecular weight is 295 g/mol. The molecule has 1 N–H and O–H groups in total. The fraction of sp³-hybridized carbons (Fsp3) is 0.944. The number of nitrogens with one attached hydrogen (secondary N) is 1. The van der Waals surface area contributed by atoms with E-state index < -0.39 is 0 Å². The quantitative estimate of drug-likeness (QED) is 0.844. The Balaban J connectivity index is 1.73. The van der Waals surface area contributed by atoms with Crippen molar-refractivity contribution in [2.24, 2.45) is 5.92 Å². The first-order valence-electron chi connectivity index (χ1n) is 9.11. The standard InChI is InChI=1S/C18H33NO2/c1-14-9-8-12-17(13-14)21-15(2)18(20)19-16-10-6-4-3-5-7-11-16/h14-17H,3-13H2,1-2H3,(H,19,20)/t14-,15+,17-/m1/s1. The molecule has 0 aromatic rings. The summed E-state index contributed by atoms with van der Waals surface area (Å²) in [6, 6.07) is 0.370. The molecule has 0 radical (unpaired) electrons. The van der Waals surface area contributed by atoms with Gasteiger partial charge in [-0.1, -0.05) is 51.9 Å². The molecule has 0 aliphatic heterocycles. The van der Waals surface area contributed by atoms with E-state index in [0.717, 1.165) is 31.6 Å². The molecule has 0 aromatic carbocycles. The minimum absolute atomic E-state index is 0.0961. The van der Waals surface area contributed by atoms with Crippen LogP contribution in [0.25, 0.3) is 0 Å². The van der Waals surface area contributed by atoms with Gasteiger partial charge < -0.3 is 10.1 Å². The fourth-order valence-electron chi connectivity index (χ4n) is 3.77. The smallest absolute Gasteiger partial charge is 0.249 e. The highest BCUT2D eigenvalue weighted by Gasteiger charge is 2.25. The topological polar surface area (TPSA) is 38.3 Å². The summed E-state index contributed by atoms with van der Waals surface area (Å²) in [5.41, 5.74) is 0. The van der Waals surface area contributed by atoms with E-state index in [-0.39, 0.29) is 18.1 Å². The molecule has 122 valence electrons. The van der Waals surface area contributed by atoms with E-state index in [1.807, 2.05) is 6.92 Å². The first kappa shape index (κ1) is 16.8. The molecule has 3 nitrogen and oxygen atoms in total. The molecule has 2 aliphatic carbocycles. The highest BCUT2D eigenvalue weighted by atomic mass is 16.5. The lowest BCUT2D eigenvalue weighted by atomic mass is 9.88. The van der Waals surface area contributed by atoms with Crippen LogP contribution in [0.1, 0.15) is 84.5 Å². The fourth-order valence-corrected chi connectivity index (χ4v) is 3.77. The molecule has 3 atom stereocenters. The molecule has 0 aromatic heterocycles. The van der Waals surface area contributed by atoms with E-state index >= 15 is 0 Å². The highest BCUT2D eigenvalue weighted by molar-refractivity contribution is 5.80. The van der Waals surface area contributed by atoms with Gasteiger partial charge in [0.1, 0.15) is 6.10 Å². The molecule has 21 heavy (non-hydrogen) atoms. The lowest BCUT2D eigenvalue weighted by Crippen LogP contribution is -2.43. The number of carbonyl (C=O) groups excluding carboxylic acids is 1. The number of ether oxygens (including phenoxy) is 1. The Bertz CT molecular complexity index is 310. The Labute approximate surface area is 130 Å². The van der Waals surface area contributed by atoms with Crippen LogP contribution in [-0.4, -0.2) is 24.2 Å². The third-order valence-corrected chi connectivity index (χ3v) is 5.11. The highest BCUT2D eigenvalue weighted by Crippen LogP contribution is 2.26. The van der Waals surface area contributed by atoms with Crippen LogP contribution in [0.5, 0.6) is 0 Å². The van der Waals surface area contributed by atoms with Crippen LogP contribution < -0.4 is 5.32 Å². The van der Waals surface area contributed by atoms with Crippen molar-refractivity contribution in [2.75, 3.05) is 0 Å². The molecule has 3 heteroatoms. The zero-order chi connectivity index (χ0) is 15.1. The van der Waals surface area contributed by atoms with Gasteiger partial charge in [0.2, 0.25) is 5.91 Å². The monoisotopic (exact) mass is 295 g/mol. The number of hydrogen-bond acceptors (Lipinski definition) is 2. The van der Waals surface area contributed by atoms with Gasteiger partial charge in [0, 0.05) is 6.04 Å². The number of rotatable bonds is 4. The molecular weight excluding hydrogens is 262 g/mol. The lowest BCUT2D eigenvalue weighted by molar-refractivity contribution is -0.138. The number of amides is 1. The van der Waals surface area contributed by atoms with Crippen molar-refractivity contribution in [1.29, 1.82) is 0 Å². The van der Waals surface area contributed by atoms with Gasteiger partial charge in [-0.25, -0.2) is 0 Å². The van der Waals surface area contributed by atoms with Gasteiger partial charge in [-0.3, -0.25) is 4.79 Å². The molecule has 1 amide bonds. The largest absolute Gasteiger partial charge is 0.365 e. The molecule has 0 spiro atoms. The number of carbonyl (C=O) groups is 1. The van der Waals surface area contributed by atoms with Crippen molar-refractivity contribution >= 4 is 5.91 Å². The molecule has 2 aliphatic rings. The van der Waals surface area contributed by atoms with E-state index in [1.165, 1.54) is 44.9 Å². The van der Waals surface area contributed by atoms with Gasteiger partial charge in [-0.15, -0.1) is 0 Å². The van der Waals surface area contributed by atoms with E-state index in [4.69, 9.17) is 4.74 Å². The van der Waals surface area contributed by atoms with Gasteiger partial charge >= 0.3 is 0 Å². The van der Waals surface area contributed by atoms with Crippen LogP contribution in [0.15, 0.2) is 0 Å². The molecule has 0 unspecified atom stereocenters. The Morgan fingerprint density at radius 3 is 2.33 bits per heavy atom. The minimum atomic E-state index is -0.300. The van der Waals surface area contributed by atoms with Crippen LogP contribution in [0, 0.1) is 5.92 Å². The summed E-state index contributed by atoms with van der Waals surface area (Å²) in [5.74, 6) is 0.836. The van der Waals surface area contributed by atoms with Crippen molar-refractivity contribution in [2.45, 2.75) is 103 Å². The van der Waals surface area contributed by atoms with Crippen molar-refractivity contribution in [1.82, 2.24) is 5.32 Å². The third kappa shape index (κ3) is 5.98. The molecule has 0 bridgehead atoms. The second-order valence-corrected chi connectivity index (χ2v) is 7.22. The maximum absolute atomic E-state index is 12.3. The maximum atomic E-state index is 12.3. The Hall–Kier alpha value is -0.570. The molecule has 2 fully saturated rings. The molecule has 0 heterocycles. The summed E-state index contributed by atoms with van der Waals surface area (Å²) in [6.45, 7) is 4.20. The second-order valence-electron chi connectivity index (χ2n) is 7.22. The van der Waals surface area contributed by atoms with Crippen LogP contribution in [-0.2, 0) is 9.53 Å². The minimum Gasteiger partial charge on any atom is -0.365 e. The van der Waals surface area contributed by atoms with E-state index in [1.54, 1.807) is 0 Å². The Morgan fingerprint density at radius 1 is 1.00 bits per heavy atom. The molecule has 0 saturated heterocycles. The predicted octanol–water partition coefficient (Wildman–Crippen LogP) is 4.20. The van der Waals surface area contributed by atoms with Gasteiger partial charge in [0.15, 0.2) is 0 Å². The Morgan fingerprint density at radius 2 is 1.67 bits per heavy atom. The summed E-state index contributed by atoms with van der Waals surface area (Å²) in [4.78, 5) is 12.3. The van der Waals surface area contributed by atoms with Gasteiger partial charge in [0.25, 0.3) is 0 Å². The summed E-state index contributed by atoms with van der Waals surface area (Å²) in [7, 11) is 0. The van der Waals surface area contributed by atoms with Crippen LogP contribution >= 0.6 is 0 Å². The number of hydrogen-bond donors (Lipinski definition) is 1. The van der Waals surface area contributed by atoms with Crippen LogP contribution in [0.2, 0.25) is 0 Å². The van der Waals surface area contributed by atoms with Crippen molar-refractivity contribution in [3.63, 3.8) is 0 Å². The lowest BCUT2D eigenvalue weighted by Gasteiger charge is -2.30. The van der Waals surface area contributed by atoms with E-state index in [9.17, 15) is 4.79 Å². The third-order valence-electron chi connectivity index (χ3n) is 5.11. The van der Waals surface area contributed by atoms with Gasteiger partial charge in [-0.05, 0) is 38.5 Å². The van der Waals surface area contributed by atoms with E-state index in [0.29, 0.717) is 6.04 Å². The van der Waals surface area contributed by atoms with Crippen molar-refractivity contribution < 1.29 is 9.53 Å². The Kier molecular flexibility index (Phi) is 7.01. The normalized spacial score (nSPS) is 30.2.